The van der Waals surface area contributed by atoms with E-state index in [1.807, 2.05) is 4.68 Å². The molecule has 2 unspecified atom stereocenters. The van der Waals surface area contributed by atoms with Gasteiger partial charge in [0.05, 0.1) is 11.2 Å². The standard InChI is InChI=1S/C18H27N3/c1-3-19-16-11-6-4-5-9-14(16)13-17-15-10-7-8-12-18(15)21(2)20-17/h7-8,10,12,14,16,19H,3-6,9,11,13H2,1-2H3. The van der Waals surface area contributed by atoms with Crippen LogP contribution in [0.2, 0.25) is 0 Å². The van der Waals surface area contributed by atoms with Crippen LogP contribution in [-0.4, -0.2) is 22.4 Å². The Kier molecular flexibility index (Phi) is 4.59. The number of aromatic nitrogens is 2. The van der Waals surface area contributed by atoms with Crippen molar-refractivity contribution in [3.8, 4) is 0 Å². The lowest BCUT2D eigenvalue weighted by Gasteiger charge is -2.25. The van der Waals surface area contributed by atoms with Crippen molar-refractivity contribution in [2.75, 3.05) is 6.54 Å². The predicted octanol–water partition coefficient (Wildman–Crippen LogP) is 3.67. The number of para-hydroxylation sites is 1. The molecule has 0 radical (unpaired) electrons. The highest BCUT2D eigenvalue weighted by Crippen LogP contribution is 2.28. The van der Waals surface area contributed by atoms with Gasteiger partial charge in [-0.15, -0.1) is 0 Å². The second-order valence-corrected chi connectivity index (χ2v) is 6.35. The topological polar surface area (TPSA) is 29.9 Å². The van der Waals surface area contributed by atoms with Crippen LogP contribution >= 0.6 is 0 Å². The van der Waals surface area contributed by atoms with Crippen LogP contribution in [0.1, 0.15) is 44.7 Å². The van der Waals surface area contributed by atoms with Crippen LogP contribution in [0.3, 0.4) is 0 Å². The number of fused-ring (bicyclic) bond motifs is 1. The molecule has 3 rings (SSSR count). The third-order valence-corrected chi connectivity index (χ3v) is 4.92. The molecule has 3 heteroatoms. The Balaban J connectivity index is 1.85. The van der Waals surface area contributed by atoms with Crippen LogP contribution in [0.4, 0.5) is 0 Å². The molecule has 1 N–H and O–H groups in total. The summed E-state index contributed by atoms with van der Waals surface area (Å²) in [4.78, 5) is 0. The summed E-state index contributed by atoms with van der Waals surface area (Å²) < 4.78 is 2.03. The highest BCUT2D eigenvalue weighted by molar-refractivity contribution is 5.81. The van der Waals surface area contributed by atoms with Crippen LogP contribution < -0.4 is 5.32 Å². The van der Waals surface area contributed by atoms with E-state index in [0.717, 1.165) is 18.9 Å². The molecule has 3 nitrogen and oxygen atoms in total. The van der Waals surface area contributed by atoms with E-state index in [9.17, 15) is 0 Å². The summed E-state index contributed by atoms with van der Waals surface area (Å²) in [6.07, 6.45) is 7.90. The number of hydrogen-bond donors (Lipinski definition) is 1. The first-order valence-electron chi connectivity index (χ1n) is 8.43. The Labute approximate surface area is 127 Å². The van der Waals surface area contributed by atoms with Crippen molar-refractivity contribution in [1.29, 1.82) is 0 Å². The first kappa shape index (κ1) is 14.6. The minimum Gasteiger partial charge on any atom is -0.314 e. The lowest BCUT2D eigenvalue weighted by atomic mass is 9.89. The van der Waals surface area contributed by atoms with Crippen molar-refractivity contribution >= 4 is 10.9 Å². The quantitative estimate of drug-likeness (QED) is 0.869. The van der Waals surface area contributed by atoms with Gasteiger partial charge in [0.15, 0.2) is 0 Å². The van der Waals surface area contributed by atoms with E-state index < -0.39 is 0 Å². The van der Waals surface area contributed by atoms with Gasteiger partial charge in [0.25, 0.3) is 0 Å². The molecular weight excluding hydrogens is 258 g/mol. The van der Waals surface area contributed by atoms with Gasteiger partial charge in [-0.2, -0.15) is 5.10 Å². The number of rotatable bonds is 4. The van der Waals surface area contributed by atoms with Crippen molar-refractivity contribution in [3.05, 3.63) is 30.0 Å². The Morgan fingerprint density at radius 3 is 2.86 bits per heavy atom. The molecule has 1 aliphatic rings. The fraction of sp³-hybridized carbons (Fsp3) is 0.611. The summed E-state index contributed by atoms with van der Waals surface area (Å²) in [6.45, 7) is 3.29. The number of hydrogen-bond acceptors (Lipinski definition) is 2. The van der Waals surface area contributed by atoms with E-state index in [4.69, 9.17) is 5.10 Å². The lowest BCUT2D eigenvalue weighted by molar-refractivity contribution is 0.335. The Morgan fingerprint density at radius 1 is 1.19 bits per heavy atom. The molecule has 0 bridgehead atoms. The lowest BCUT2D eigenvalue weighted by Crippen LogP contribution is -2.36. The zero-order chi connectivity index (χ0) is 14.7. The molecule has 1 aromatic heterocycles. The van der Waals surface area contributed by atoms with Gasteiger partial charge in [-0.3, -0.25) is 4.68 Å². The molecule has 1 aromatic carbocycles. The number of nitrogens with one attached hydrogen (secondary N) is 1. The highest BCUT2D eigenvalue weighted by atomic mass is 15.3. The smallest absolute Gasteiger partial charge is 0.0706 e. The summed E-state index contributed by atoms with van der Waals surface area (Å²) in [5.41, 5.74) is 2.53. The van der Waals surface area contributed by atoms with E-state index in [0.29, 0.717) is 6.04 Å². The van der Waals surface area contributed by atoms with Gasteiger partial charge in [0.1, 0.15) is 0 Å². The minimum absolute atomic E-state index is 0.665. The third kappa shape index (κ3) is 3.13. The molecule has 1 aliphatic carbocycles. The summed E-state index contributed by atoms with van der Waals surface area (Å²) >= 11 is 0. The molecule has 2 aromatic rings. The zero-order valence-corrected chi connectivity index (χ0v) is 13.3. The van der Waals surface area contributed by atoms with Crippen LogP contribution in [-0.2, 0) is 13.5 Å². The Hall–Kier alpha value is -1.35. The second-order valence-electron chi connectivity index (χ2n) is 6.35. The summed E-state index contributed by atoms with van der Waals surface area (Å²) in [5, 5.41) is 9.85. The van der Waals surface area contributed by atoms with Crippen LogP contribution in [0, 0.1) is 5.92 Å². The second kappa shape index (κ2) is 6.61. The summed E-state index contributed by atoms with van der Waals surface area (Å²) in [5.74, 6) is 0.728. The van der Waals surface area contributed by atoms with Gasteiger partial charge < -0.3 is 5.32 Å². The van der Waals surface area contributed by atoms with Gasteiger partial charge >= 0.3 is 0 Å². The molecule has 114 valence electrons. The van der Waals surface area contributed by atoms with Crippen molar-refractivity contribution in [1.82, 2.24) is 15.1 Å². The van der Waals surface area contributed by atoms with Crippen molar-refractivity contribution < 1.29 is 0 Å². The maximum Gasteiger partial charge on any atom is 0.0706 e. The fourth-order valence-electron chi connectivity index (χ4n) is 3.85. The first-order valence-corrected chi connectivity index (χ1v) is 8.43. The average Bonchev–Trinajstić information content (AvgIpc) is 2.67. The van der Waals surface area contributed by atoms with Gasteiger partial charge in [-0.25, -0.2) is 0 Å². The first-order chi connectivity index (χ1) is 10.3. The number of benzene rings is 1. The maximum absolute atomic E-state index is 4.80. The SMILES string of the molecule is CCNC1CCCCCC1Cc1nn(C)c2ccccc12. The van der Waals surface area contributed by atoms with Crippen molar-refractivity contribution in [2.24, 2.45) is 13.0 Å². The summed E-state index contributed by atoms with van der Waals surface area (Å²) in [7, 11) is 2.06. The molecule has 1 fully saturated rings. The van der Waals surface area contributed by atoms with E-state index in [1.54, 1.807) is 0 Å². The van der Waals surface area contributed by atoms with E-state index in [2.05, 4.69) is 43.6 Å². The largest absolute Gasteiger partial charge is 0.314 e. The molecule has 0 aliphatic heterocycles. The van der Waals surface area contributed by atoms with Crippen LogP contribution in [0.25, 0.3) is 10.9 Å². The van der Waals surface area contributed by atoms with Gasteiger partial charge in [0.2, 0.25) is 0 Å². The van der Waals surface area contributed by atoms with E-state index in [-0.39, 0.29) is 0 Å². The normalized spacial score (nSPS) is 23.3. The minimum atomic E-state index is 0.665. The van der Waals surface area contributed by atoms with Crippen molar-refractivity contribution in [3.63, 3.8) is 0 Å². The fourth-order valence-corrected chi connectivity index (χ4v) is 3.85. The van der Waals surface area contributed by atoms with Gasteiger partial charge in [0, 0.05) is 18.5 Å². The molecule has 1 heterocycles. The highest BCUT2D eigenvalue weighted by Gasteiger charge is 2.24. The van der Waals surface area contributed by atoms with E-state index in [1.165, 1.54) is 48.7 Å². The predicted molar refractivity (Wildman–Crippen MR) is 88.5 cm³/mol. The van der Waals surface area contributed by atoms with Gasteiger partial charge in [-0.1, -0.05) is 44.4 Å². The number of nitrogens with zero attached hydrogens (tertiary/aromatic N) is 2. The Morgan fingerprint density at radius 2 is 2.00 bits per heavy atom. The average molecular weight is 285 g/mol. The molecule has 0 amide bonds. The third-order valence-electron chi connectivity index (χ3n) is 4.92. The zero-order valence-electron chi connectivity index (χ0n) is 13.3. The monoisotopic (exact) mass is 285 g/mol. The van der Waals surface area contributed by atoms with Crippen molar-refractivity contribution in [2.45, 2.75) is 51.5 Å². The molecular formula is C18H27N3. The number of aryl methyl sites for hydroxylation is 1. The maximum atomic E-state index is 4.80. The molecule has 0 spiro atoms. The molecule has 0 saturated heterocycles. The molecule has 2 atom stereocenters. The molecule has 1 saturated carbocycles. The molecule has 21 heavy (non-hydrogen) atoms. The van der Waals surface area contributed by atoms with E-state index >= 15 is 0 Å². The van der Waals surface area contributed by atoms with Crippen LogP contribution in [0.5, 0.6) is 0 Å². The summed E-state index contributed by atoms with van der Waals surface area (Å²) in [6, 6.07) is 9.28. The Bertz CT molecular complexity index is 587. The van der Waals surface area contributed by atoms with Gasteiger partial charge in [-0.05, 0) is 37.8 Å². The van der Waals surface area contributed by atoms with Crippen LogP contribution in [0.15, 0.2) is 24.3 Å².